The molecule has 0 atom stereocenters. The van der Waals surface area contributed by atoms with Crippen LogP contribution in [0.15, 0.2) is 24.3 Å². The normalized spacial score (nSPS) is 9.65. The van der Waals surface area contributed by atoms with Gasteiger partial charge in [-0.3, -0.25) is 0 Å². The molecule has 108 valence electrons. The van der Waals surface area contributed by atoms with Crippen molar-refractivity contribution in [2.45, 2.75) is 26.4 Å². The molecule has 0 fully saturated rings. The SMILES string of the molecule is CC(C)(C)O[C-]=O.[CH2-]CN(C[CH2-])c1ccc(N)cc1.[Li+]. The Morgan fingerprint density at radius 1 is 1.20 bits per heavy atom. The first-order valence-corrected chi connectivity index (χ1v) is 6.08. The zero-order valence-electron chi connectivity index (χ0n) is 13.0. The summed E-state index contributed by atoms with van der Waals surface area (Å²) in [7, 11) is 0. The number of benzene rings is 1. The van der Waals surface area contributed by atoms with Crippen molar-refractivity contribution in [3.8, 4) is 0 Å². The number of rotatable bonds is 4. The van der Waals surface area contributed by atoms with Crippen molar-refractivity contribution < 1.29 is 28.4 Å². The Bertz CT molecular complexity index is 357. The Kier molecular flexibility index (Phi) is 11.3. The fourth-order valence-electron chi connectivity index (χ4n) is 1.18. The van der Waals surface area contributed by atoms with Gasteiger partial charge in [-0.25, -0.2) is 0 Å². The molecule has 4 nitrogen and oxygen atoms in total. The van der Waals surface area contributed by atoms with Gasteiger partial charge in [-0.15, -0.1) is 13.1 Å². The van der Waals surface area contributed by atoms with Crippen LogP contribution in [0.3, 0.4) is 0 Å². The summed E-state index contributed by atoms with van der Waals surface area (Å²) in [6.45, 7) is 15.8. The maximum atomic E-state index is 9.47. The molecule has 0 aromatic heterocycles. The molecule has 0 unspecified atom stereocenters. The number of carbonyl (C=O) groups excluding carboxylic acids is 1. The number of anilines is 2. The van der Waals surface area contributed by atoms with Gasteiger partial charge in [0.25, 0.3) is 0 Å². The van der Waals surface area contributed by atoms with E-state index in [1.807, 2.05) is 24.3 Å². The van der Waals surface area contributed by atoms with Gasteiger partial charge in [-0.05, 0) is 45.0 Å². The number of ether oxygens (including phenoxy) is 1. The van der Waals surface area contributed by atoms with Crippen molar-refractivity contribution in [1.82, 2.24) is 0 Å². The molecule has 20 heavy (non-hydrogen) atoms. The average molecular weight is 270 g/mol. The molecule has 0 heterocycles. The fraction of sp³-hybridized carbons (Fsp3) is 0.400. The molecule has 0 aliphatic rings. The summed E-state index contributed by atoms with van der Waals surface area (Å²) < 4.78 is 4.42. The summed E-state index contributed by atoms with van der Waals surface area (Å²) >= 11 is 0. The molecule has 0 bridgehead atoms. The average Bonchev–Trinajstić information content (AvgIpc) is 2.32. The zero-order valence-corrected chi connectivity index (χ0v) is 13.0. The zero-order chi connectivity index (χ0) is 14.9. The van der Waals surface area contributed by atoms with Crippen LogP contribution in [-0.4, -0.2) is 25.2 Å². The molecule has 5 heteroatoms. The quantitative estimate of drug-likeness (QED) is 0.460. The first-order valence-electron chi connectivity index (χ1n) is 6.08. The van der Waals surface area contributed by atoms with E-state index in [4.69, 9.17) is 5.73 Å². The van der Waals surface area contributed by atoms with E-state index in [0.29, 0.717) is 0 Å². The van der Waals surface area contributed by atoms with E-state index >= 15 is 0 Å². The Morgan fingerprint density at radius 3 is 1.90 bits per heavy atom. The van der Waals surface area contributed by atoms with Crippen LogP contribution in [0.5, 0.6) is 0 Å². The van der Waals surface area contributed by atoms with Crippen LogP contribution in [0.25, 0.3) is 0 Å². The standard InChI is InChI=1S/C10H14N2.C5H9O2.Li/c1-3-12(4-2)10-7-5-9(11)6-8-10;1-5(2,3)7-4-6;/h5-8H,1-4,11H2;1-3H3;/q-2;-1;+1. The molecule has 0 saturated heterocycles. The predicted octanol–water partition coefficient (Wildman–Crippen LogP) is -0.384. The second-order valence-corrected chi connectivity index (χ2v) is 4.88. The van der Waals surface area contributed by atoms with Gasteiger partial charge < -0.3 is 34.0 Å². The van der Waals surface area contributed by atoms with Crippen LogP contribution in [0.4, 0.5) is 11.4 Å². The fourth-order valence-corrected chi connectivity index (χ4v) is 1.18. The minimum absolute atomic E-state index is 0. The molecular weight excluding hydrogens is 247 g/mol. The molecule has 1 aromatic carbocycles. The third kappa shape index (κ3) is 9.77. The number of hydrogen-bond acceptors (Lipinski definition) is 4. The molecule has 0 aliphatic carbocycles. The Hall–Kier alpha value is -1.11. The van der Waals surface area contributed by atoms with Gasteiger partial charge in [-0.2, -0.15) is 0 Å². The van der Waals surface area contributed by atoms with Crippen molar-refractivity contribution in [3.05, 3.63) is 38.1 Å². The minimum atomic E-state index is -0.373. The Balaban J connectivity index is 0. The van der Waals surface area contributed by atoms with Crippen molar-refractivity contribution >= 4 is 17.8 Å². The summed E-state index contributed by atoms with van der Waals surface area (Å²) in [6.07, 6.45) is 0. The summed E-state index contributed by atoms with van der Waals surface area (Å²) in [4.78, 5) is 11.5. The monoisotopic (exact) mass is 270 g/mol. The van der Waals surface area contributed by atoms with E-state index in [-0.39, 0.29) is 24.5 Å². The van der Waals surface area contributed by atoms with Crippen LogP contribution in [0, 0.1) is 13.8 Å². The minimum Gasteiger partial charge on any atom is -0.649 e. The summed E-state index contributed by atoms with van der Waals surface area (Å²) in [5.41, 5.74) is 7.09. The summed E-state index contributed by atoms with van der Waals surface area (Å²) in [5, 5.41) is 0. The van der Waals surface area contributed by atoms with E-state index in [1.54, 1.807) is 20.8 Å². The number of nitrogens with two attached hydrogens (primary N) is 1. The van der Waals surface area contributed by atoms with E-state index in [0.717, 1.165) is 24.5 Å². The summed E-state index contributed by atoms with van der Waals surface area (Å²) in [5.74, 6) is 0. The number of nitrogens with zero attached hydrogens (tertiary/aromatic N) is 1. The van der Waals surface area contributed by atoms with Crippen LogP contribution in [-0.2, 0) is 9.53 Å². The van der Waals surface area contributed by atoms with Gasteiger partial charge in [0.2, 0.25) is 0 Å². The molecule has 2 N–H and O–H groups in total. The molecular formula is C15H23LiN2O2-2. The van der Waals surface area contributed by atoms with Crippen molar-refractivity contribution in [2.24, 2.45) is 0 Å². The maximum absolute atomic E-state index is 9.47. The van der Waals surface area contributed by atoms with Crippen LogP contribution >= 0.6 is 0 Å². The molecule has 1 rings (SSSR count). The molecule has 0 amide bonds. The third-order valence-electron chi connectivity index (χ3n) is 2.15. The van der Waals surface area contributed by atoms with Crippen LogP contribution in [0.1, 0.15) is 20.8 Å². The molecule has 1 aromatic rings. The molecule has 0 saturated carbocycles. The van der Waals surface area contributed by atoms with Crippen LogP contribution < -0.4 is 29.5 Å². The Labute approximate surface area is 134 Å². The third-order valence-corrected chi connectivity index (χ3v) is 2.15. The molecule has 0 aliphatic heterocycles. The predicted molar refractivity (Wildman–Crippen MR) is 80.3 cm³/mol. The van der Waals surface area contributed by atoms with E-state index in [9.17, 15) is 4.79 Å². The van der Waals surface area contributed by atoms with Gasteiger partial charge in [0.05, 0.1) is 5.60 Å². The van der Waals surface area contributed by atoms with Crippen LogP contribution in [0.2, 0.25) is 0 Å². The molecule has 0 spiro atoms. The maximum Gasteiger partial charge on any atom is 1.00 e. The smallest absolute Gasteiger partial charge is 0.649 e. The van der Waals surface area contributed by atoms with Crippen molar-refractivity contribution in [1.29, 1.82) is 0 Å². The summed E-state index contributed by atoms with van der Waals surface area (Å²) in [6, 6.07) is 7.72. The van der Waals surface area contributed by atoms with Gasteiger partial charge in [0.1, 0.15) is 0 Å². The van der Waals surface area contributed by atoms with Gasteiger partial charge >= 0.3 is 18.9 Å². The largest absolute Gasteiger partial charge is 1.00 e. The van der Waals surface area contributed by atoms with Gasteiger partial charge in [0.15, 0.2) is 0 Å². The van der Waals surface area contributed by atoms with Gasteiger partial charge in [-0.1, -0.05) is 6.47 Å². The topological polar surface area (TPSA) is 55.6 Å². The number of hydrogen-bond donors (Lipinski definition) is 1. The molecule has 0 radical (unpaired) electrons. The first-order chi connectivity index (χ1) is 8.84. The first kappa shape index (κ1) is 21.2. The second-order valence-electron chi connectivity index (χ2n) is 4.88. The van der Waals surface area contributed by atoms with E-state index in [2.05, 4.69) is 23.5 Å². The van der Waals surface area contributed by atoms with E-state index in [1.165, 1.54) is 6.47 Å². The van der Waals surface area contributed by atoms with Crippen molar-refractivity contribution in [2.75, 3.05) is 23.7 Å². The van der Waals surface area contributed by atoms with Crippen molar-refractivity contribution in [3.63, 3.8) is 0 Å². The van der Waals surface area contributed by atoms with Gasteiger partial charge in [0, 0.05) is 11.4 Å². The Morgan fingerprint density at radius 2 is 1.65 bits per heavy atom. The van der Waals surface area contributed by atoms with E-state index < -0.39 is 0 Å². The second kappa shape index (κ2) is 10.6. The number of nitrogen functional groups attached to an aromatic ring is 1.